The number of hydrogen-bond acceptors (Lipinski definition) is 2. The number of ketones is 1. The van der Waals surface area contributed by atoms with E-state index in [0.29, 0.717) is 11.4 Å². The summed E-state index contributed by atoms with van der Waals surface area (Å²) in [5.74, 6) is -0.667. The summed E-state index contributed by atoms with van der Waals surface area (Å²) in [6.45, 7) is 3.07. The number of carbonyl (C=O) groups excluding carboxylic acids is 1. The van der Waals surface area contributed by atoms with Crippen LogP contribution in [-0.2, 0) is 0 Å². The summed E-state index contributed by atoms with van der Waals surface area (Å²) in [4.78, 5) is 23.0. The van der Waals surface area contributed by atoms with E-state index in [1.54, 1.807) is 23.6 Å². The maximum Gasteiger partial charge on any atom is 0.192 e. The van der Waals surface area contributed by atoms with Gasteiger partial charge in [0.05, 0.1) is 5.56 Å². The molecule has 2 rings (SSSR count). The Morgan fingerprint density at radius 2 is 2.00 bits per heavy atom. The van der Waals surface area contributed by atoms with E-state index in [-0.39, 0.29) is 22.6 Å². The normalized spacial score (nSPS) is 10.4. The number of benzene rings is 1. The number of aryl methyl sites for hydroxylation is 1. The lowest BCUT2D eigenvalue weighted by molar-refractivity contribution is 0.101. The smallest absolute Gasteiger partial charge is 0.192 e. The fourth-order valence-corrected chi connectivity index (χ4v) is 1.80. The van der Waals surface area contributed by atoms with E-state index in [2.05, 4.69) is 0 Å². The van der Waals surface area contributed by atoms with Crippen LogP contribution in [0.4, 0.5) is 4.39 Å². The van der Waals surface area contributed by atoms with Gasteiger partial charge in [0.25, 0.3) is 0 Å². The molecule has 1 heterocycles. The van der Waals surface area contributed by atoms with Crippen LogP contribution in [0.2, 0.25) is 0 Å². The van der Waals surface area contributed by atoms with Gasteiger partial charge in [0, 0.05) is 23.6 Å². The number of aromatic nitrogens is 1. The molecule has 2 aromatic rings. The predicted octanol–water partition coefficient (Wildman–Crippen LogP) is 2.49. The van der Waals surface area contributed by atoms with Gasteiger partial charge in [-0.25, -0.2) is 4.39 Å². The van der Waals surface area contributed by atoms with Crippen molar-refractivity contribution in [2.45, 2.75) is 13.8 Å². The minimum atomic E-state index is -0.366. The maximum absolute atomic E-state index is 13.2. The first-order valence-electron chi connectivity index (χ1n) is 5.49. The van der Waals surface area contributed by atoms with Crippen molar-refractivity contribution < 1.29 is 9.18 Å². The average molecular weight is 245 g/mol. The van der Waals surface area contributed by atoms with Gasteiger partial charge in [0.2, 0.25) is 0 Å². The molecule has 0 aliphatic carbocycles. The molecule has 0 amide bonds. The highest BCUT2D eigenvalue weighted by atomic mass is 19.1. The Hall–Kier alpha value is -2.23. The minimum absolute atomic E-state index is 0.102. The quantitative estimate of drug-likeness (QED) is 0.762. The molecule has 0 unspecified atom stereocenters. The zero-order valence-electron chi connectivity index (χ0n) is 10.1. The predicted molar refractivity (Wildman–Crippen MR) is 66.7 cm³/mol. The summed E-state index contributed by atoms with van der Waals surface area (Å²) in [6.07, 6.45) is 1.45. The Bertz CT molecular complexity index is 674. The van der Waals surface area contributed by atoms with Gasteiger partial charge in [-0.2, -0.15) is 0 Å². The van der Waals surface area contributed by atoms with Crippen LogP contribution in [0, 0.1) is 12.7 Å². The number of carbonyl (C=O) groups is 1. The van der Waals surface area contributed by atoms with Gasteiger partial charge in [-0.15, -0.1) is 0 Å². The molecule has 1 aromatic carbocycles. The van der Waals surface area contributed by atoms with Crippen molar-refractivity contribution in [2.75, 3.05) is 0 Å². The monoisotopic (exact) mass is 245 g/mol. The number of nitrogens with zero attached hydrogens (tertiary/aromatic N) is 1. The van der Waals surface area contributed by atoms with Crippen LogP contribution in [-0.4, -0.2) is 10.4 Å². The molecule has 4 heteroatoms. The van der Waals surface area contributed by atoms with E-state index >= 15 is 0 Å². The summed E-state index contributed by atoms with van der Waals surface area (Å²) in [5, 5.41) is 0. The van der Waals surface area contributed by atoms with Crippen LogP contribution in [0.1, 0.15) is 23.0 Å². The molecule has 18 heavy (non-hydrogen) atoms. The molecule has 3 nitrogen and oxygen atoms in total. The van der Waals surface area contributed by atoms with Gasteiger partial charge in [0.15, 0.2) is 11.2 Å². The summed E-state index contributed by atoms with van der Waals surface area (Å²) in [7, 11) is 0. The van der Waals surface area contributed by atoms with Crippen LogP contribution >= 0.6 is 0 Å². The van der Waals surface area contributed by atoms with Crippen molar-refractivity contribution in [3.8, 4) is 5.69 Å². The first-order chi connectivity index (χ1) is 8.49. The van der Waals surface area contributed by atoms with Crippen molar-refractivity contribution in [1.29, 1.82) is 0 Å². The fourth-order valence-electron chi connectivity index (χ4n) is 1.80. The minimum Gasteiger partial charge on any atom is -0.320 e. The van der Waals surface area contributed by atoms with Gasteiger partial charge >= 0.3 is 0 Å². The lowest BCUT2D eigenvalue weighted by Gasteiger charge is -2.11. The molecule has 0 aliphatic heterocycles. The van der Waals surface area contributed by atoms with Gasteiger partial charge in [0.1, 0.15) is 5.82 Å². The maximum atomic E-state index is 13.2. The molecule has 0 bridgehead atoms. The van der Waals surface area contributed by atoms with E-state index < -0.39 is 0 Å². The second-order valence-corrected chi connectivity index (χ2v) is 4.10. The largest absolute Gasteiger partial charge is 0.320 e. The molecule has 0 atom stereocenters. The van der Waals surface area contributed by atoms with Crippen molar-refractivity contribution >= 4 is 5.78 Å². The molecule has 92 valence electrons. The van der Waals surface area contributed by atoms with Crippen molar-refractivity contribution in [3.05, 3.63) is 63.8 Å². The third kappa shape index (κ3) is 2.22. The van der Waals surface area contributed by atoms with Crippen molar-refractivity contribution in [2.24, 2.45) is 0 Å². The Morgan fingerprint density at radius 3 is 2.61 bits per heavy atom. The van der Waals surface area contributed by atoms with Crippen LogP contribution in [0.5, 0.6) is 0 Å². The molecule has 1 aromatic heterocycles. The zero-order valence-corrected chi connectivity index (χ0v) is 10.1. The Balaban J connectivity index is 2.68. The first-order valence-corrected chi connectivity index (χ1v) is 5.49. The molecule has 0 radical (unpaired) electrons. The van der Waals surface area contributed by atoms with Crippen LogP contribution in [0.25, 0.3) is 5.69 Å². The summed E-state index contributed by atoms with van der Waals surface area (Å²) in [5.41, 5.74) is 1.02. The van der Waals surface area contributed by atoms with E-state index in [0.717, 1.165) is 0 Å². The molecular weight excluding hydrogens is 233 g/mol. The summed E-state index contributed by atoms with van der Waals surface area (Å²) < 4.78 is 14.8. The van der Waals surface area contributed by atoms with E-state index in [4.69, 9.17) is 0 Å². The van der Waals surface area contributed by atoms with Gasteiger partial charge in [-0.3, -0.25) is 9.59 Å². The molecule has 0 spiro atoms. The van der Waals surface area contributed by atoms with Crippen LogP contribution < -0.4 is 5.43 Å². The van der Waals surface area contributed by atoms with E-state index in [1.165, 1.54) is 31.3 Å². The highest BCUT2D eigenvalue weighted by Gasteiger charge is 2.09. The highest BCUT2D eigenvalue weighted by Crippen LogP contribution is 2.12. The van der Waals surface area contributed by atoms with Gasteiger partial charge in [-0.05, 0) is 32.0 Å². The number of hydrogen-bond donors (Lipinski definition) is 0. The van der Waals surface area contributed by atoms with Crippen molar-refractivity contribution in [1.82, 2.24) is 4.57 Å². The molecule has 0 N–H and O–H groups in total. The topological polar surface area (TPSA) is 39.1 Å². The number of pyridine rings is 1. The lowest BCUT2D eigenvalue weighted by Crippen LogP contribution is -2.17. The second kappa shape index (κ2) is 4.56. The lowest BCUT2D eigenvalue weighted by atomic mass is 10.1. The Morgan fingerprint density at radius 1 is 1.28 bits per heavy atom. The molecule has 0 fully saturated rings. The van der Waals surface area contributed by atoms with E-state index in [9.17, 15) is 14.0 Å². The highest BCUT2D eigenvalue weighted by molar-refractivity contribution is 5.93. The number of halogens is 1. The third-order valence-corrected chi connectivity index (χ3v) is 2.71. The number of rotatable bonds is 2. The fraction of sp³-hybridized carbons (Fsp3) is 0.143. The Labute approximate surface area is 104 Å². The van der Waals surface area contributed by atoms with Crippen LogP contribution in [0.15, 0.2) is 41.3 Å². The van der Waals surface area contributed by atoms with Crippen molar-refractivity contribution in [3.63, 3.8) is 0 Å². The third-order valence-electron chi connectivity index (χ3n) is 2.71. The van der Waals surface area contributed by atoms with Crippen LogP contribution in [0.3, 0.4) is 0 Å². The summed E-state index contributed by atoms with van der Waals surface area (Å²) >= 11 is 0. The molecule has 0 aliphatic rings. The first kappa shape index (κ1) is 12.2. The second-order valence-electron chi connectivity index (χ2n) is 4.10. The van der Waals surface area contributed by atoms with Gasteiger partial charge < -0.3 is 4.57 Å². The molecule has 0 saturated heterocycles. The SMILES string of the molecule is CC(=O)c1cn(-c2cccc(F)c2)c(C)cc1=O. The standard InChI is InChI=1S/C14H12FNO2/c1-9-6-14(18)13(10(2)17)8-16(9)12-5-3-4-11(15)7-12/h3-8H,1-2H3. The molecular formula is C14H12FNO2. The number of Topliss-reactive ketones (excluding diaryl/α,β-unsaturated/α-hetero) is 1. The Kier molecular flexibility index (Phi) is 3.10. The zero-order chi connectivity index (χ0) is 13.3. The van der Waals surface area contributed by atoms with E-state index in [1.807, 2.05) is 0 Å². The summed E-state index contributed by atoms with van der Waals surface area (Å²) in [6, 6.07) is 7.36. The van der Waals surface area contributed by atoms with Gasteiger partial charge in [-0.1, -0.05) is 6.07 Å². The average Bonchev–Trinajstić information content (AvgIpc) is 2.28. The molecule has 0 saturated carbocycles.